The van der Waals surface area contributed by atoms with Gasteiger partial charge in [0.15, 0.2) is 0 Å². The number of hydrogen-bond acceptors (Lipinski definition) is 4. The highest BCUT2D eigenvalue weighted by Crippen LogP contribution is 2.24. The van der Waals surface area contributed by atoms with Crippen molar-refractivity contribution >= 4 is 12.2 Å². The van der Waals surface area contributed by atoms with Crippen LogP contribution >= 0.6 is 0 Å². The van der Waals surface area contributed by atoms with Crippen LogP contribution in [0.2, 0.25) is 0 Å². The first-order valence-electron chi connectivity index (χ1n) is 11.3. The van der Waals surface area contributed by atoms with Crippen LogP contribution in [-0.2, 0) is 12.8 Å². The van der Waals surface area contributed by atoms with Gasteiger partial charge >= 0.3 is 0 Å². The van der Waals surface area contributed by atoms with Gasteiger partial charge in [0, 0.05) is 26.1 Å². The lowest BCUT2D eigenvalue weighted by molar-refractivity contribution is 0.147. The molecule has 0 aliphatic rings. The third kappa shape index (κ3) is 8.93. The fourth-order valence-corrected chi connectivity index (χ4v) is 3.36. The Kier molecular flexibility index (Phi) is 9.44. The molecule has 0 unspecified atom stereocenters. The van der Waals surface area contributed by atoms with Gasteiger partial charge in [0.25, 0.3) is 0 Å². The Morgan fingerprint density at radius 2 is 1.07 bits per heavy atom. The summed E-state index contributed by atoms with van der Waals surface area (Å²) in [5.74, 6) is 3.68. The summed E-state index contributed by atoms with van der Waals surface area (Å²) in [6.07, 6.45) is 12.1. The van der Waals surface area contributed by atoms with Crippen LogP contribution in [0.15, 0.2) is 33.1 Å². The number of rotatable bonds is 14. The van der Waals surface area contributed by atoms with Crippen molar-refractivity contribution in [2.45, 2.75) is 79.1 Å². The molecule has 0 aliphatic heterocycles. The largest absolute Gasteiger partial charge is 0.462 e. The van der Waals surface area contributed by atoms with Crippen molar-refractivity contribution in [2.75, 3.05) is 13.2 Å². The van der Waals surface area contributed by atoms with Crippen LogP contribution in [0, 0.1) is 10.8 Å². The Labute approximate surface area is 182 Å². The molecular weight excluding hydrogens is 376 g/mol. The van der Waals surface area contributed by atoms with Crippen LogP contribution in [0.5, 0.6) is 0 Å². The van der Waals surface area contributed by atoms with Crippen LogP contribution in [-0.4, -0.2) is 23.4 Å². The highest BCUT2D eigenvalue weighted by molar-refractivity contribution is 5.64. The highest BCUT2D eigenvalue weighted by atomic mass is 16.3. The number of furan rings is 2. The van der Waals surface area contributed by atoms with Crippen molar-refractivity contribution in [3.05, 3.63) is 47.3 Å². The lowest BCUT2D eigenvalue weighted by Gasteiger charge is -2.20. The number of aliphatic hydroxyl groups excluding tert-OH is 2. The minimum atomic E-state index is 0.00890. The molecule has 4 nitrogen and oxygen atoms in total. The summed E-state index contributed by atoms with van der Waals surface area (Å²) >= 11 is 0. The summed E-state index contributed by atoms with van der Waals surface area (Å²) in [5, 5.41) is 18.6. The summed E-state index contributed by atoms with van der Waals surface area (Å²) in [6.45, 7) is 8.86. The van der Waals surface area contributed by atoms with E-state index in [4.69, 9.17) is 8.83 Å². The molecule has 0 saturated heterocycles. The smallest absolute Gasteiger partial charge is 0.127 e. The van der Waals surface area contributed by atoms with E-state index in [2.05, 4.69) is 27.7 Å². The van der Waals surface area contributed by atoms with Crippen LogP contribution < -0.4 is 0 Å². The molecule has 30 heavy (non-hydrogen) atoms. The van der Waals surface area contributed by atoms with E-state index >= 15 is 0 Å². The Hall–Kier alpha value is -1.78. The second-order valence-electron chi connectivity index (χ2n) is 10.0. The van der Waals surface area contributed by atoms with Crippen LogP contribution in [0.1, 0.15) is 89.3 Å². The van der Waals surface area contributed by atoms with Gasteiger partial charge in [-0.1, -0.05) is 40.5 Å². The van der Waals surface area contributed by atoms with Gasteiger partial charge in [-0.3, -0.25) is 0 Å². The molecule has 0 spiro atoms. The minimum absolute atomic E-state index is 0.00890. The number of aryl methyl sites for hydroxylation is 2. The molecule has 2 aromatic rings. The first-order valence-corrected chi connectivity index (χ1v) is 11.3. The first-order chi connectivity index (χ1) is 14.2. The maximum Gasteiger partial charge on any atom is 0.127 e. The number of hydrogen-bond donors (Lipinski definition) is 2. The van der Waals surface area contributed by atoms with E-state index in [1.54, 1.807) is 0 Å². The normalized spacial score (nSPS) is 12.9. The Morgan fingerprint density at radius 1 is 0.667 bits per heavy atom. The molecule has 0 saturated carbocycles. The zero-order valence-corrected chi connectivity index (χ0v) is 19.2. The van der Waals surface area contributed by atoms with Gasteiger partial charge in [-0.2, -0.15) is 0 Å². The first kappa shape index (κ1) is 24.5. The van der Waals surface area contributed by atoms with Gasteiger partial charge < -0.3 is 19.0 Å². The standard InChI is InChI=1S/C26H40O4/c1-25(2,19-27)17-7-5-9-21-11-13-23(29-21)15-16-24-14-12-22(30-24)10-6-8-18-26(3,4)20-28/h11-16,27-28H,5-10,17-20H2,1-4H3/b16-15+. The maximum atomic E-state index is 9.32. The van der Waals surface area contributed by atoms with E-state index in [0.717, 1.165) is 74.4 Å². The van der Waals surface area contributed by atoms with Crippen molar-refractivity contribution in [3.63, 3.8) is 0 Å². The SMILES string of the molecule is CC(C)(CO)CCCCc1ccc(/C=C/c2ccc(CCCCC(C)(C)CO)o2)o1. The van der Waals surface area contributed by atoms with Gasteiger partial charge in [0.2, 0.25) is 0 Å². The van der Waals surface area contributed by atoms with E-state index in [0.29, 0.717) is 0 Å². The fourth-order valence-electron chi connectivity index (χ4n) is 3.36. The van der Waals surface area contributed by atoms with Crippen molar-refractivity contribution in [3.8, 4) is 0 Å². The van der Waals surface area contributed by atoms with Crippen LogP contribution in [0.25, 0.3) is 12.2 Å². The average Bonchev–Trinajstić information content (AvgIpc) is 3.36. The predicted molar refractivity (Wildman–Crippen MR) is 123 cm³/mol. The Balaban J connectivity index is 1.72. The Morgan fingerprint density at radius 3 is 1.43 bits per heavy atom. The van der Waals surface area contributed by atoms with E-state index in [1.807, 2.05) is 36.4 Å². The molecule has 2 N–H and O–H groups in total. The molecule has 0 amide bonds. The summed E-state index contributed by atoms with van der Waals surface area (Å²) in [4.78, 5) is 0. The topological polar surface area (TPSA) is 66.7 Å². The molecule has 2 heterocycles. The molecule has 0 aromatic carbocycles. The monoisotopic (exact) mass is 416 g/mol. The van der Waals surface area contributed by atoms with Crippen molar-refractivity contribution in [1.82, 2.24) is 0 Å². The highest BCUT2D eigenvalue weighted by Gasteiger charge is 2.16. The zero-order chi connectivity index (χ0) is 22.0. The van der Waals surface area contributed by atoms with E-state index in [9.17, 15) is 10.2 Å². The third-order valence-corrected chi connectivity index (χ3v) is 5.69. The lowest BCUT2D eigenvalue weighted by Crippen LogP contribution is -2.16. The summed E-state index contributed by atoms with van der Waals surface area (Å²) in [6, 6.07) is 8.07. The second-order valence-corrected chi connectivity index (χ2v) is 10.0. The second kappa shape index (κ2) is 11.6. The Bertz CT molecular complexity index is 699. The molecule has 168 valence electrons. The molecule has 4 heteroatoms. The zero-order valence-electron chi connectivity index (χ0n) is 19.2. The van der Waals surface area contributed by atoms with Crippen molar-refractivity contribution in [1.29, 1.82) is 0 Å². The molecule has 0 bridgehead atoms. The number of unbranched alkanes of at least 4 members (excludes halogenated alkanes) is 2. The van der Waals surface area contributed by atoms with E-state index < -0.39 is 0 Å². The van der Waals surface area contributed by atoms with Gasteiger partial charge in [0.1, 0.15) is 23.0 Å². The third-order valence-electron chi connectivity index (χ3n) is 5.69. The predicted octanol–water partition coefficient (Wildman–Crippen LogP) is 6.51. The molecule has 0 aliphatic carbocycles. The van der Waals surface area contributed by atoms with Crippen molar-refractivity contribution in [2.24, 2.45) is 10.8 Å². The van der Waals surface area contributed by atoms with Gasteiger partial charge in [-0.25, -0.2) is 0 Å². The fraction of sp³-hybridized carbons (Fsp3) is 0.615. The van der Waals surface area contributed by atoms with Crippen LogP contribution in [0.4, 0.5) is 0 Å². The molecule has 0 radical (unpaired) electrons. The van der Waals surface area contributed by atoms with Gasteiger partial charge in [0.05, 0.1) is 0 Å². The summed E-state index contributed by atoms with van der Waals surface area (Å²) in [7, 11) is 0. The van der Waals surface area contributed by atoms with Crippen molar-refractivity contribution < 1.29 is 19.0 Å². The summed E-state index contributed by atoms with van der Waals surface area (Å²) in [5.41, 5.74) is 0.0178. The number of aliphatic hydroxyl groups is 2. The van der Waals surface area contributed by atoms with Crippen LogP contribution in [0.3, 0.4) is 0 Å². The van der Waals surface area contributed by atoms with Gasteiger partial charge in [-0.05, 0) is 72.9 Å². The van der Waals surface area contributed by atoms with E-state index in [-0.39, 0.29) is 24.0 Å². The lowest BCUT2D eigenvalue weighted by atomic mass is 9.88. The quantitative estimate of drug-likeness (QED) is 0.345. The van der Waals surface area contributed by atoms with E-state index in [1.165, 1.54) is 0 Å². The van der Waals surface area contributed by atoms with Gasteiger partial charge in [-0.15, -0.1) is 0 Å². The summed E-state index contributed by atoms with van der Waals surface area (Å²) < 4.78 is 11.8. The molecule has 0 atom stereocenters. The minimum Gasteiger partial charge on any atom is -0.462 e. The molecule has 2 rings (SSSR count). The maximum absolute atomic E-state index is 9.32. The molecule has 0 fully saturated rings. The molecule has 2 aromatic heterocycles. The average molecular weight is 417 g/mol. The molecular formula is C26H40O4.